The normalized spacial score (nSPS) is 17.8. The second-order valence-electron chi connectivity index (χ2n) is 6.47. The second kappa shape index (κ2) is 8.72. The van der Waals surface area contributed by atoms with Gasteiger partial charge in [0.1, 0.15) is 11.5 Å². The summed E-state index contributed by atoms with van der Waals surface area (Å²) in [5.41, 5.74) is 1.16. The number of hydrogen-bond acceptors (Lipinski definition) is 4. The Morgan fingerprint density at radius 2 is 1.65 bits per heavy atom. The zero-order valence-electron chi connectivity index (χ0n) is 15.4. The van der Waals surface area contributed by atoms with Crippen molar-refractivity contribution in [1.82, 2.24) is 9.80 Å². The zero-order valence-corrected chi connectivity index (χ0v) is 15.4. The first-order chi connectivity index (χ1) is 12.7. The number of rotatable bonds is 6. The van der Waals surface area contributed by atoms with Crippen LogP contribution in [0.5, 0.6) is 11.5 Å². The van der Waals surface area contributed by atoms with E-state index in [4.69, 9.17) is 9.47 Å². The molecule has 1 aliphatic heterocycles. The Hall–Kier alpha value is -2.53. The van der Waals surface area contributed by atoms with Gasteiger partial charge >= 0.3 is 0 Å². The monoisotopic (exact) mass is 354 g/mol. The van der Waals surface area contributed by atoms with E-state index in [2.05, 4.69) is 24.1 Å². The van der Waals surface area contributed by atoms with Crippen molar-refractivity contribution in [2.45, 2.75) is 13.0 Å². The SMILES string of the molecule is CCOc1ccc(OCC(=O)N2CCN(C)CC2c2ccccc2)cc1. The lowest BCUT2D eigenvalue weighted by molar-refractivity contribution is -0.138. The van der Waals surface area contributed by atoms with Gasteiger partial charge in [0.05, 0.1) is 12.6 Å². The molecule has 0 saturated carbocycles. The molecule has 1 fully saturated rings. The first kappa shape index (κ1) is 18.3. The molecule has 138 valence electrons. The molecular weight excluding hydrogens is 328 g/mol. The van der Waals surface area contributed by atoms with Crippen LogP contribution in [0.4, 0.5) is 0 Å². The van der Waals surface area contributed by atoms with Crippen LogP contribution in [0.3, 0.4) is 0 Å². The van der Waals surface area contributed by atoms with Crippen LogP contribution < -0.4 is 9.47 Å². The number of ether oxygens (including phenoxy) is 2. The fraction of sp³-hybridized carbons (Fsp3) is 0.381. The first-order valence-corrected chi connectivity index (χ1v) is 9.06. The van der Waals surface area contributed by atoms with Crippen LogP contribution in [-0.4, -0.2) is 55.6 Å². The Kier molecular flexibility index (Phi) is 6.12. The van der Waals surface area contributed by atoms with Gasteiger partial charge in [-0.05, 0) is 43.8 Å². The summed E-state index contributed by atoms with van der Waals surface area (Å²) in [6.45, 7) is 5.03. The fourth-order valence-corrected chi connectivity index (χ4v) is 3.21. The van der Waals surface area contributed by atoms with Crippen molar-refractivity contribution < 1.29 is 14.3 Å². The van der Waals surface area contributed by atoms with E-state index in [0.717, 1.165) is 24.4 Å². The summed E-state index contributed by atoms with van der Waals surface area (Å²) in [7, 11) is 2.09. The minimum atomic E-state index is 0.0147. The third kappa shape index (κ3) is 4.55. The number of likely N-dealkylation sites (N-methyl/N-ethyl adjacent to an activating group) is 1. The molecule has 1 unspecified atom stereocenters. The highest BCUT2D eigenvalue weighted by Crippen LogP contribution is 2.25. The van der Waals surface area contributed by atoms with Gasteiger partial charge in [-0.25, -0.2) is 0 Å². The Balaban J connectivity index is 1.63. The lowest BCUT2D eigenvalue weighted by Gasteiger charge is -2.40. The van der Waals surface area contributed by atoms with E-state index in [1.807, 2.05) is 54.3 Å². The van der Waals surface area contributed by atoms with E-state index in [9.17, 15) is 4.79 Å². The van der Waals surface area contributed by atoms with E-state index in [-0.39, 0.29) is 18.6 Å². The standard InChI is InChI=1S/C21H26N2O3/c1-3-25-18-9-11-19(12-10-18)26-16-21(24)23-14-13-22(2)15-20(23)17-7-5-4-6-8-17/h4-12,20H,3,13-16H2,1-2H3. The number of hydrogen-bond donors (Lipinski definition) is 0. The van der Waals surface area contributed by atoms with Crippen molar-refractivity contribution >= 4 is 5.91 Å². The van der Waals surface area contributed by atoms with Crippen molar-refractivity contribution in [2.24, 2.45) is 0 Å². The molecular formula is C21H26N2O3. The van der Waals surface area contributed by atoms with E-state index in [1.54, 1.807) is 0 Å². The van der Waals surface area contributed by atoms with Crippen molar-refractivity contribution in [1.29, 1.82) is 0 Å². The quantitative estimate of drug-likeness (QED) is 0.800. The van der Waals surface area contributed by atoms with Crippen LogP contribution in [0.1, 0.15) is 18.5 Å². The molecule has 1 aliphatic rings. The average molecular weight is 354 g/mol. The second-order valence-corrected chi connectivity index (χ2v) is 6.47. The topological polar surface area (TPSA) is 42.0 Å². The summed E-state index contributed by atoms with van der Waals surface area (Å²) in [4.78, 5) is 17.0. The number of benzene rings is 2. The maximum atomic E-state index is 12.8. The van der Waals surface area contributed by atoms with Gasteiger partial charge in [0, 0.05) is 19.6 Å². The molecule has 5 heteroatoms. The number of amides is 1. The zero-order chi connectivity index (χ0) is 18.4. The molecule has 5 nitrogen and oxygen atoms in total. The van der Waals surface area contributed by atoms with Gasteiger partial charge in [0.2, 0.25) is 0 Å². The number of nitrogens with zero attached hydrogens (tertiary/aromatic N) is 2. The molecule has 0 N–H and O–H groups in total. The van der Waals surface area contributed by atoms with Crippen LogP contribution in [-0.2, 0) is 4.79 Å². The van der Waals surface area contributed by atoms with Gasteiger partial charge in [-0.15, -0.1) is 0 Å². The Morgan fingerprint density at radius 1 is 1.00 bits per heavy atom. The highest BCUT2D eigenvalue weighted by atomic mass is 16.5. The lowest BCUT2D eigenvalue weighted by atomic mass is 10.0. The fourth-order valence-electron chi connectivity index (χ4n) is 3.21. The number of carbonyl (C=O) groups excluding carboxylic acids is 1. The van der Waals surface area contributed by atoms with Gasteiger partial charge in [0.15, 0.2) is 6.61 Å². The summed E-state index contributed by atoms with van der Waals surface area (Å²) in [5, 5.41) is 0. The largest absolute Gasteiger partial charge is 0.494 e. The van der Waals surface area contributed by atoms with Crippen molar-refractivity contribution in [3.05, 3.63) is 60.2 Å². The van der Waals surface area contributed by atoms with E-state index < -0.39 is 0 Å². The Labute approximate surface area is 155 Å². The van der Waals surface area contributed by atoms with Gasteiger partial charge in [-0.2, -0.15) is 0 Å². The molecule has 2 aromatic rings. The molecule has 0 aliphatic carbocycles. The molecule has 1 saturated heterocycles. The minimum absolute atomic E-state index is 0.0147. The Morgan fingerprint density at radius 3 is 2.31 bits per heavy atom. The summed E-state index contributed by atoms with van der Waals surface area (Å²) < 4.78 is 11.1. The molecule has 1 atom stereocenters. The van der Waals surface area contributed by atoms with Crippen LogP contribution in [0.2, 0.25) is 0 Å². The lowest BCUT2D eigenvalue weighted by Crippen LogP contribution is -2.50. The highest BCUT2D eigenvalue weighted by Gasteiger charge is 2.30. The molecule has 3 rings (SSSR count). The minimum Gasteiger partial charge on any atom is -0.494 e. The summed E-state index contributed by atoms with van der Waals surface area (Å²) in [5.74, 6) is 1.49. The molecule has 1 heterocycles. The van der Waals surface area contributed by atoms with E-state index in [0.29, 0.717) is 18.9 Å². The maximum absolute atomic E-state index is 12.8. The predicted molar refractivity (Wildman–Crippen MR) is 101 cm³/mol. The summed E-state index contributed by atoms with van der Waals surface area (Å²) >= 11 is 0. The molecule has 0 bridgehead atoms. The van der Waals surface area contributed by atoms with Crippen molar-refractivity contribution in [3.8, 4) is 11.5 Å². The van der Waals surface area contributed by atoms with Gasteiger partial charge < -0.3 is 19.3 Å². The molecule has 26 heavy (non-hydrogen) atoms. The molecule has 2 aromatic carbocycles. The molecule has 0 spiro atoms. The summed E-state index contributed by atoms with van der Waals surface area (Å²) in [6, 6.07) is 17.6. The molecule has 0 aromatic heterocycles. The van der Waals surface area contributed by atoms with Gasteiger partial charge in [0.25, 0.3) is 5.91 Å². The van der Waals surface area contributed by atoms with Crippen molar-refractivity contribution in [2.75, 3.05) is 39.9 Å². The average Bonchev–Trinajstić information content (AvgIpc) is 2.68. The van der Waals surface area contributed by atoms with E-state index >= 15 is 0 Å². The third-order valence-corrected chi connectivity index (χ3v) is 4.59. The number of piperazine rings is 1. The summed E-state index contributed by atoms with van der Waals surface area (Å²) in [6.07, 6.45) is 0. The van der Waals surface area contributed by atoms with Crippen LogP contribution >= 0.6 is 0 Å². The number of carbonyl (C=O) groups is 1. The predicted octanol–water partition coefficient (Wildman–Crippen LogP) is 2.98. The van der Waals surface area contributed by atoms with Crippen LogP contribution in [0, 0.1) is 0 Å². The van der Waals surface area contributed by atoms with Crippen LogP contribution in [0.25, 0.3) is 0 Å². The van der Waals surface area contributed by atoms with Gasteiger partial charge in [-0.1, -0.05) is 30.3 Å². The smallest absolute Gasteiger partial charge is 0.261 e. The molecule has 0 radical (unpaired) electrons. The maximum Gasteiger partial charge on any atom is 0.261 e. The van der Waals surface area contributed by atoms with Crippen LogP contribution in [0.15, 0.2) is 54.6 Å². The van der Waals surface area contributed by atoms with Crippen molar-refractivity contribution in [3.63, 3.8) is 0 Å². The Bertz CT molecular complexity index is 703. The van der Waals surface area contributed by atoms with Gasteiger partial charge in [-0.3, -0.25) is 4.79 Å². The molecule has 1 amide bonds. The third-order valence-electron chi connectivity index (χ3n) is 4.59. The van der Waals surface area contributed by atoms with E-state index in [1.165, 1.54) is 0 Å². The highest BCUT2D eigenvalue weighted by molar-refractivity contribution is 5.78. The first-order valence-electron chi connectivity index (χ1n) is 9.06.